The first kappa shape index (κ1) is 28.3. The normalized spacial score (nSPS) is 11.8. The monoisotopic (exact) mass is 538 g/mol. The fourth-order valence-corrected chi connectivity index (χ4v) is 5.33. The molecule has 0 heterocycles. The summed E-state index contributed by atoms with van der Waals surface area (Å²) >= 11 is 0. The number of anilines is 1. The van der Waals surface area contributed by atoms with Gasteiger partial charge in [-0.05, 0) is 44.0 Å². The van der Waals surface area contributed by atoms with E-state index in [0.717, 1.165) is 15.9 Å². The molecule has 0 aliphatic rings. The number of nitro benzene ring substituents is 1. The van der Waals surface area contributed by atoms with E-state index in [9.17, 15) is 28.1 Å². The molecule has 0 aliphatic heterocycles. The molecular weight excluding hydrogens is 508 g/mol. The molecule has 3 aromatic rings. The fourth-order valence-electron chi connectivity index (χ4n) is 3.90. The molecule has 0 radical (unpaired) electrons. The van der Waals surface area contributed by atoms with Crippen molar-refractivity contribution in [3.05, 3.63) is 101 Å². The molecule has 0 saturated heterocycles. The van der Waals surface area contributed by atoms with E-state index in [0.29, 0.717) is 13.0 Å². The number of nitro groups is 1. The van der Waals surface area contributed by atoms with E-state index in [1.54, 1.807) is 32.0 Å². The van der Waals surface area contributed by atoms with E-state index < -0.39 is 33.4 Å². The second-order valence-electron chi connectivity index (χ2n) is 8.49. The van der Waals surface area contributed by atoms with E-state index in [1.807, 2.05) is 30.3 Å². The van der Waals surface area contributed by atoms with Crippen molar-refractivity contribution in [2.45, 2.75) is 31.2 Å². The Labute approximate surface area is 222 Å². The van der Waals surface area contributed by atoms with Crippen molar-refractivity contribution in [2.75, 3.05) is 23.9 Å². The van der Waals surface area contributed by atoms with Crippen molar-refractivity contribution in [3.8, 4) is 0 Å². The molecule has 0 spiro atoms. The zero-order valence-electron chi connectivity index (χ0n) is 21.2. The second-order valence-corrected chi connectivity index (χ2v) is 10.4. The fraction of sp³-hybridized carbons (Fsp3) is 0.259. The summed E-state index contributed by atoms with van der Waals surface area (Å²) in [6.45, 7) is 3.22. The highest BCUT2D eigenvalue weighted by molar-refractivity contribution is 7.92. The van der Waals surface area contributed by atoms with Gasteiger partial charge in [-0.15, -0.1) is 0 Å². The minimum absolute atomic E-state index is 0.0370. The van der Waals surface area contributed by atoms with E-state index in [4.69, 9.17) is 0 Å². The highest BCUT2D eigenvalue weighted by Crippen LogP contribution is 2.27. The highest BCUT2D eigenvalue weighted by atomic mass is 32.2. The topological polar surface area (TPSA) is 130 Å². The van der Waals surface area contributed by atoms with Gasteiger partial charge in [0.1, 0.15) is 12.6 Å². The Hall–Kier alpha value is -4.25. The summed E-state index contributed by atoms with van der Waals surface area (Å²) in [5, 5.41) is 14.1. The molecule has 0 saturated carbocycles. The third kappa shape index (κ3) is 6.94. The highest BCUT2D eigenvalue weighted by Gasteiger charge is 2.32. The van der Waals surface area contributed by atoms with Gasteiger partial charge in [-0.3, -0.25) is 24.0 Å². The number of amides is 2. The van der Waals surface area contributed by atoms with Crippen LogP contribution in [-0.4, -0.2) is 55.7 Å². The van der Waals surface area contributed by atoms with Gasteiger partial charge < -0.3 is 10.2 Å². The molecule has 11 heteroatoms. The van der Waals surface area contributed by atoms with Crippen LogP contribution in [0.1, 0.15) is 19.4 Å². The summed E-state index contributed by atoms with van der Waals surface area (Å²) in [5.41, 5.74) is 0.589. The lowest BCUT2D eigenvalue weighted by atomic mass is 10.1. The number of nitrogens with one attached hydrogen (secondary N) is 1. The van der Waals surface area contributed by atoms with Crippen LogP contribution >= 0.6 is 0 Å². The second kappa shape index (κ2) is 12.8. The van der Waals surface area contributed by atoms with Crippen molar-refractivity contribution < 1.29 is 22.9 Å². The minimum Gasteiger partial charge on any atom is -0.355 e. The van der Waals surface area contributed by atoms with Gasteiger partial charge in [0.25, 0.3) is 15.7 Å². The lowest BCUT2D eigenvalue weighted by Crippen LogP contribution is -2.52. The maximum Gasteiger partial charge on any atom is 0.271 e. The zero-order chi connectivity index (χ0) is 27.7. The summed E-state index contributed by atoms with van der Waals surface area (Å²) in [6.07, 6.45) is 0.443. The Morgan fingerprint density at radius 2 is 1.61 bits per heavy atom. The predicted molar refractivity (Wildman–Crippen MR) is 144 cm³/mol. The lowest BCUT2D eigenvalue weighted by molar-refractivity contribution is -0.384. The number of carbonyl (C=O) groups is 2. The van der Waals surface area contributed by atoms with E-state index in [2.05, 4.69) is 5.32 Å². The molecule has 0 fully saturated rings. The Morgan fingerprint density at radius 3 is 2.21 bits per heavy atom. The number of hydrogen-bond donors (Lipinski definition) is 1. The quantitative estimate of drug-likeness (QED) is 0.278. The summed E-state index contributed by atoms with van der Waals surface area (Å²) in [6, 6.07) is 21.1. The molecule has 0 aliphatic carbocycles. The van der Waals surface area contributed by atoms with E-state index >= 15 is 0 Å². The Kier molecular flexibility index (Phi) is 9.55. The molecule has 0 unspecified atom stereocenters. The summed E-state index contributed by atoms with van der Waals surface area (Å²) in [4.78, 5) is 38.4. The van der Waals surface area contributed by atoms with Gasteiger partial charge in [0.05, 0.1) is 15.5 Å². The number of benzene rings is 3. The Bertz CT molecular complexity index is 1370. The smallest absolute Gasteiger partial charge is 0.271 e. The van der Waals surface area contributed by atoms with Crippen LogP contribution in [0.2, 0.25) is 0 Å². The van der Waals surface area contributed by atoms with Crippen LogP contribution in [0.3, 0.4) is 0 Å². The number of hydrogen-bond acceptors (Lipinski definition) is 6. The molecule has 0 bridgehead atoms. The van der Waals surface area contributed by atoms with Gasteiger partial charge in [-0.1, -0.05) is 54.6 Å². The molecule has 3 rings (SSSR count). The molecule has 200 valence electrons. The first-order chi connectivity index (χ1) is 18.1. The van der Waals surface area contributed by atoms with Crippen LogP contribution < -0.4 is 9.62 Å². The Balaban J connectivity index is 2.00. The molecule has 1 N–H and O–H groups in total. The van der Waals surface area contributed by atoms with Crippen molar-refractivity contribution in [2.24, 2.45) is 0 Å². The van der Waals surface area contributed by atoms with Crippen LogP contribution in [-0.2, 0) is 26.0 Å². The molecule has 3 aromatic carbocycles. The van der Waals surface area contributed by atoms with Gasteiger partial charge in [0, 0.05) is 25.2 Å². The summed E-state index contributed by atoms with van der Waals surface area (Å²) in [7, 11) is -4.29. The zero-order valence-corrected chi connectivity index (χ0v) is 22.0. The molecule has 10 nitrogen and oxygen atoms in total. The number of sulfonamides is 1. The van der Waals surface area contributed by atoms with Gasteiger partial charge >= 0.3 is 0 Å². The van der Waals surface area contributed by atoms with Crippen LogP contribution in [0.15, 0.2) is 89.8 Å². The average molecular weight is 539 g/mol. The van der Waals surface area contributed by atoms with Crippen LogP contribution in [0.4, 0.5) is 11.4 Å². The van der Waals surface area contributed by atoms with E-state index in [1.165, 1.54) is 35.2 Å². The standard InChI is InChI=1S/C27H30N4O6S/c1-3-28-27(33)21(2)29(18-17-22-11-6-4-7-12-22)26(32)20-30(23-13-10-14-24(19-23)31(34)35)38(36,37)25-15-8-5-9-16-25/h4-16,19,21H,3,17-18,20H2,1-2H3,(H,28,33)/t21-/m0/s1. The predicted octanol–water partition coefficient (Wildman–Crippen LogP) is 3.39. The number of likely N-dealkylation sites (N-methyl/N-ethyl adjacent to an activating group) is 1. The van der Waals surface area contributed by atoms with Gasteiger partial charge in [-0.2, -0.15) is 0 Å². The largest absolute Gasteiger partial charge is 0.355 e. The number of non-ortho nitro benzene ring substituents is 1. The molecular formula is C27H30N4O6S. The third-order valence-corrected chi connectivity index (χ3v) is 7.73. The molecule has 2 amide bonds. The van der Waals surface area contributed by atoms with Crippen molar-refractivity contribution in [3.63, 3.8) is 0 Å². The molecule has 1 atom stereocenters. The van der Waals surface area contributed by atoms with Crippen LogP contribution in [0, 0.1) is 10.1 Å². The lowest BCUT2D eigenvalue weighted by Gasteiger charge is -2.31. The SMILES string of the molecule is CCNC(=O)[C@H](C)N(CCc1ccccc1)C(=O)CN(c1cccc([N+](=O)[O-])c1)S(=O)(=O)c1ccccc1. The first-order valence-electron chi connectivity index (χ1n) is 12.1. The van der Waals surface area contributed by atoms with Gasteiger partial charge in [0.2, 0.25) is 11.8 Å². The number of carbonyl (C=O) groups excluding carboxylic acids is 2. The third-order valence-electron chi connectivity index (χ3n) is 5.94. The number of rotatable bonds is 12. The molecule has 0 aromatic heterocycles. The maximum atomic E-state index is 13.7. The van der Waals surface area contributed by atoms with Crippen LogP contribution in [0.5, 0.6) is 0 Å². The van der Waals surface area contributed by atoms with Gasteiger partial charge in [0.15, 0.2) is 0 Å². The van der Waals surface area contributed by atoms with E-state index in [-0.39, 0.29) is 28.7 Å². The van der Waals surface area contributed by atoms with Crippen LogP contribution in [0.25, 0.3) is 0 Å². The maximum absolute atomic E-state index is 13.7. The van der Waals surface area contributed by atoms with Crippen molar-refractivity contribution in [1.29, 1.82) is 0 Å². The Morgan fingerprint density at radius 1 is 0.974 bits per heavy atom. The summed E-state index contributed by atoms with van der Waals surface area (Å²) in [5.74, 6) is -0.993. The number of nitrogens with zero attached hydrogens (tertiary/aromatic N) is 3. The average Bonchev–Trinajstić information content (AvgIpc) is 2.92. The summed E-state index contributed by atoms with van der Waals surface area (Å²) < 4.78 is 28.2. The van der Waals surface area contributed by atoms with Crippen molar-refractivity contribution in [1.82, 2.24) is 10.2 Å². The molecule has 38 heavy (non-hydrogen) atoms. The first-order valence-corrected chi connectivity index (χ1v) is 13.5. The van der Waals surface area contributed by atoms with Crippen molar-refractivity contribution >= 4 is 33.2 Å². The minimum atomic E-state index is -4.29. The van der Waals surface area contributed by atoms with Gasteiger partial charge in [-0.25, -0.2) is 8.42 Å².